The first-order valence-corrected chi connectivity index (χ1v) is 11.4. The molecule has 3 aromatic carbocycles. The van der Waals surface area contributed by atoms with Crippen LogP contribution in [-0.2, 0) is 9.53 Å². The first-order chi connectivity index (χ1) is 13.7. The molecule has 3 nitrogen and oxygen atoms in total. The first kappa shape index (κ1) is 20.3. The fourth-order valence-electron chi connectivity index (χ4n) is 3.57. The van der Waals surface area contributed by atoms with Crippen LogP contribution in [-0.4, -0.2) is 44.3 Å². The van der Waals surface area contributed by atoms with Gasteiger partial charge in [-0.1, -0.05) is 54.6 Å². The predicted molar refractivity (Wildman–Crippen MR) is 120 cm³/mol. The Morgan fingerprint density at radius 1 is 0.786 bits per heavy atom. The highest BCUT2D eigenvalue weighted by atomic mass is 31.2. The number of ether oxygens (including phenoxy) is 1. The van der Waals surface area contributed by atoms with Crippen molar-refractivity contribution in [2.45, 2.75) is 0 Å². The van der Waals surface area contributed by atoms with E-state index in [0.717, 1.165) is 12.7 Å². The number of benzene rings is 3. The SMILES string of the molecule is COC(=O)CN(C)CC[P+](c1ccccc1)(c1ccccc1)c1ccccc1. The van der Waals surface area contributed by atoms with Crippen LogP contribution in [0.4, 0.5) is 0 Å². The molecule has 144 valence electrons. The van der Waals surface area contributed by atoms with Crippen molar-refractivity contribution in [3.05, 3.63) is 91.0 Å². The van der Waals surface area contributed by atoms with E-state index in [1.165, 1.54) is 23.0 Å². The second kappa shape index (κ2) is 9.64. The summed E-state index contributed by atoms with van der Waals surface area (Å²) in [5.41, 5.74) is 0. The molecule has 0 radical (unpaired) electrons. The molecular formula is C24H27NO2P+. The molecule has 0 spiro atoms. The van der Waals surface area contributed by atoms with Crippen LogP contribution in [0.3, 0.4) is 0 Å². The summed E-state index contributed by atoms with van der Waals surface area (Å²) in [6, 6.07) is 32.4. The quantitative estimate of drug-likeness (QED) is 0.436. The van der Waals surface area contributed by atoms with E-state index in [2.05, 4.69) is 95.9 Å². The molecule has 0 saturated heterocycles. The predicted octanol–water partition coefficient (Wildman–Crippen LogP) is 3.09. The van der Waals surface area contributed by atoms with Crippen molar-refractivity contribution >= 4 is 29.1 Å². The zero-order valence-electron chi connectivity index (χ0n) is 16.5. The van der Waals surface area contributed by atoms with Crippen molar-refractivity contribution < 1.29 is 9.53 Å². The summed E-state index contributed by atoms with van der Waals surface area (Å²) in [6.07, 6.45) is 0.957. The normalized spacial score (nSPS) is 11.4. The first-order valence-electron chi connectivity index (χ1n) is 9.47. The third-order valence-electron chi connectivity index (χ3n) is 5.03. The van der Waals surface area contributed by atoms with E-state index in [1.54, 1.807) is 0 Å². The van der Waals surface area contributed by atoms with Gasteiger partial charge in [0.1, 0.15) is 23.2 Å². The van der Waals surface area contributed by atoms with Gasteiger partial charge in [-0.2, -0.15) is 0 Å². The lowest BCUT2D eigenvalue weighted by Gasteiger charge is -2.29. The number of nitrogens with zero attached hydrogens (tertiary/aromatic N) is 1. The molecule has 0 heterocycles. The van der Waals surface area contributed by atoms with E-state index in [1.807, 2.05) is 7.05 Å². The van der Waals surface area contributed by atoms with Gasteiger partial charge >= 0.3 is 5.97 Å². The number of likely N-dealkylation sites (N-methyl/N-ethyl adjacent to an activating group) is 1. The number of carbonyl (C=O) groups excluding carboxylic acids is 1. The molecule has 0 saturated carbocycles. The molecule has 28 heavy (non-hydrogen) atoms. The largest absolute Gasteiger partial charge is 0.468 e. The zero-order chi connectivity index (χ0) is 19.8. The maximum Gasteiger partial charge on any atom is 0.319 e. The van der Waals surface area contributed by atoms with Crippen molar-refractivity contribution in [3.63, 3.8) is 0 Å². The fourth-order valence-corrected chi connectivity index (χ4v) is 7.92. The van der Waals surface area contributed by atoms with Crippen LogP contribution >= 0.6 is 7.26 Å². The molecule has 3 aromatic rings. The van der Waals surface area contributed by atoms with Gasteiger partial charge in [-0.25, -0.2) is 0 Å². The van der Waals surface area contributed by atoms with Gasteiger partial charge in [-0.05, 0) is 43.4 Å². The molecule has 0 bridgehead atoms. The number of hydrogen-bond donors (Lipinski definition) is 0. The topological polar surface area (TPSA) is 29.5 Å². The van der Waals surface area contributed by atoms with E-state index in [0.29, 0.717) is 6.54 Å². The van der Waals surface area contributed by atoms with E-state index in [9.17, 15) is 4.79 Å². The monoisotopic (exact) mass is 392 g/mol. The molecule has 0 N–H and O–H groups in total. The van der Waals surface area contributed by atoms with Gasteiger partial charge in [0.2, 0.25) is 0 Å². The number of hydrogen-bond acceptors (Lipinski definition) is 3. The van der Waals surface area contributed by atoms with Crippen LogP contribution in [0, 0.1) is 0 Å². The standard InChI is InChI=1S/C24H27NO2P/c1-25(20-24(26)27-2)18-19-28(21-12-6-3-7-13-21,22-14-8-4-9-15-22)23-16-10-5-11-17-23/h3-17H,18-20H2,1-2H3/q+1. The third kappa shape index (κ3) is 4.49. The molecule has 0 atom stereocenters. The molecule has 0 amide bonds. The zero-order valence-corrected chi connectivity index (χ0v) is 17.4. The summed E-state index contributed by atoms with van der Waals surface area (Å²) >= 11 is 0. The smallest absolute Gasteiger partial charge is 0.319 e. The molecule has 0 unspecified atom stereocenters. The summed E-state index contributed by atoms with van der Waals surface area (Å²) in [5, 5.41) is 4.08. The molecule has 3 rings (SSSR count). The van der Waals surface area contributed by atoms with Gasteiger partial charge in [0.05, 0.1) is 19.8 Å². The maximum atomic E-state index is 11.7. The Morgan fingerprint density at radius 2 is 1.18 bits per heavy atom. The summed E-state index contributed by atoms with van der Waals surface area (Å²) in [7, 11) is 1.56. The lowest BCUT2D eigenvalue weighted by Crippen LogP contribution is -2.38. The van der Waals surface area contributed by atoms with Crippen LogP contribution in [0.1, 0.15) is 0 Å². The minimum Gasteiger partial charge on any atom is -0.468 e. The van der Waals surface area contributed by atoms with Crippen LogP contribution in [0.5, 0.6) is 0 Å². The van der Waals surface area contributed by atoms with Gasteiger partial charge < -0.3 is 4.74 Å². The number of methoxy groups -OCH3 is 1. The Kier molecular flexibility index (Phi) is 6.97. The summed E-state index contributed by atoms with van der Waals surface area (Å²) in [4.78, 5) is 13.8. The van der Waals surface area contributed by atoms with E-state index in [4.69, 9.17) is 4.74 Å². The molecule has 0 aliphatic heterocycles. The van der Waals surface area contributed by atoms with Gasteiger partial charge in [-0.3, -0.25) is 9.69 Å². The highest BCUT2D eigenvalue weighted by Gasteiger charge is 2.44. The van der Waals surface area contributed by atoms with Crippen molar-refractivity contribution in [1.82, 2.24) is 4.90 Å². The number of carbonyl (C=O) groups is 1. The summed E-state index contributed by atoms with van der Waals surface area (Å²) < 4.78 is 4.84. The third-order valence-corrected chi connectivity index (χ3v) is 9.44. The highest BCUT2D eigenvalue weighted by molar-refractivity contribution is 7.95. The Labute approximate surface area is 168 Å². The second-order valence-corrected chi connectivity index (χ2v) is 10.5. The van der Waals surface area contributed by atoms with E-state index < -0.39 is 7.26 Å². The number of rotatable bonds is 8. The Bertz CT molecular complexity index is 772. The summed E-state index contributed by atoms with van der Waals surface area (Å²) in [5.74, 6) is -0.203. The van der Waals surface area contributed by atoms with Crippen LogP contribution in [0.2, 0.25) is 0 Å². The lowest BCUT2D eigenvalue weighted by molar-refractivity contribution is -0.141. The van der Waals surface area contributed by atoms with Crippen molar-refractivity contribution in [3.8, 4) is 0 Å². The average Bonchev–Trinajstić information content (AvgIpc) is 2.76. The lowest BCUT2D eigenvalue weighted by atomic mass is 10.4. The van der Waals surface area contributed by atoms with Gasteiger partial charge in [0.25, 0.3) is 0 Å². The molecule has 0 aliphatic rings. The average molecular weight is 392 g/mol. The maximum absolute atomic E-state index is 11.7. The number of esters is 1. The minimum atomic E-state index is -1.85. The molecular weight excluding hydrogens is 365 g/mol. The fraction of sp³-hybridized carbons (Fsp3) is 0.208. The minimum absolute atomic E-state index is 0.203. The molecule has 0 fully saturated rings. The molecule has 0 aromatic heterocycles. The Balaban J connectivity index is 2.07. The molecule has 0 aliphatic carbocycles. The van der Waals surface area contributed by atoms with Crippen LogP contribution in [0.25, 0.3) is 0 Å². The van der Waals surface area contributed by atoms with Crippen molar-refractivity contribution in [1.29, 1.82) is 0 Å². The van der Waals surface area contributed by atoms with Gasteiger partial charge in [0, 0.05) is 6.54 Å². The van der Waals surface area contributed by atoms with Crippen molar-refractivity contribution in [2.75, 3.05) is 33.4 Å². The van der Waals surface area contributed by atoms with Crippen LogP contribution < -0.4 is 15.9 Å². The van der Waals surface area contributed by atoms with Crippen LogP contribution in [0.15, 0.2) is 91.0 Å². The van der Waals surface area contributed by atoms with E-state index in [-0.39, 0.29) is 5.97 Å². The van der Waals surface area contributed by atoms with E-state index >= 15 is 0 Å². The second-order valence-electron chi connectivity index (χ2n) is 6.85. The molecule has 4 heteroatoms. The van der Waals surface area contributed by atoms with Gasteiger partial charge in [0.15, 0.2) is 0 Å². The Morgan fingerprint density at radius 3 is 1.54 bits per heavy atom. The van der Waals surface area contributed by atoms with Gasteiger partial charge in [-0.15, -0.1) is 0 Å². The Hall–Kier alpha value is -2.48. The highest BCUT2D eigenvalue weighted by Crippen LogP contribution is 2.55. The summed E-state index contributed by atoms with van der Waals surface area (Å²) in [6.45, 7) is 1.11. The van der Waals surface area contributed by atoms with Crippen molar-refractivity contribution in [2.24, 2.45) is 0 Å².